The quantitative estimate of drug-likeness (QED) is 0.429. The molecule has 0 saturated heterocycles. The Kier molecular flexibility index (Phi) is 6.36. The second-order valence-corrected chi connectivity index (χ2v) is 8.09. The van der Waals surface area contributed by atoms with Gasteiger partial charge in [0.2, 0.25) is 5.91 Å². The number of rotatable bonds is 6. The zero-order valence-electron chi connectivity index (χ0n) is 18.1. The van der Waals surface area contributed by atoms with E-state index in [0.29, 0.717) is 33.5 Å². The molecular weight excluding hydrogens is 454 g/mol. The average Bonchev–Trinajstić information content (AvgIpc) is 3.59. The summed E-state index contributed by atoms with van der Waals surface area (Å²) >= 11 is 0. The van der Waals surface area contributed by atoms with Gasteiger partial charge in [0.1, 0.15) is 11.6 Å². The Morgan fingerprint density at radius 3 is 2.59 bits per heavy atom. The lowest BCUT2D eigenvalue weighted by molar-refractivity contribution is -0.132. The second-order valence-electron chi connectivity index (χ2n) is 8.09. The minimum absolute atomic E-state index is 0.0440. The van der Waals surface area contributed by atoms with Gasteiger partial charge in [-0.05, 0) is 43.5 Å². The smallest absolute Gasteiger partial charge is 0.338 e. The Balaban J connectivity index is 1.53. The van der Waals surface area contributed by atoms with Crippen molar-refractivity contribution in [3.63, 3.8) is 0 Å². The normalized spacial score (nSPS) is 13.6. The lowest BCUT2D eigenvalue weighted by atomic mass is 10.0. The lowest BCUT2D eigenvalue weighted by Gasteiger charge is -2.13. The van der Waals surface area contributed by atoms with Gasteiger partial charge in [0.25, 0.3) is 0 Å². The number of anilines is 2. The number of halogens is 4. The molecular formula is C23H21F4N5O2. The molecule has 0 atom stereocenters. The van der Waals surface area contributed by atoms with Crippen molar-refractivity contribution in [1.29, 1.82) is 0 Å². The van der Waals surface area contributed by atoms with Gasteiger partial charge in [-0.15, -0.1) is 0 Å². The van der Waals surface area contributed by atoms with Gasteiger partial charge in [0.15, 0.2) is 0 Å². The summed E-state index contributed by atoms with van der Waals surface area (Å²) in [5, 5.41) is 7.75. The van der Waals surface area contributed by atoms with Crippen molar-refractivity contribution in [2.45, 2.75) is 32.4 Å². The van der Waals surface area contributed by atoms with Crippen molar-refractivity contribution in [1.82, 2.24) is 15.3 Å². The first-order chi connectivity index (χ1) is 16.1. The number of aryl methyl sites for hydroxylation is 1. The number of pyridine rings is 2. The van der Waals surface area contributed by atoms with Gasteiger partial charge in [0, 0.05) is 41.4 Å². The molecule has 1 aliphatic rings. The number of aromatic nitrogens is 2. The van der Waals surface area contributed by atoms with Crippen molar-refractivity contribution in [2.24, 2.45) is 5.92 Å². The van der Waals surface area contributed by atoms with E-state index in [1.807, 2.05) is 0 Å². The summed E-state index contributed by atoms with van der Waals surface area (Å²) in [5.41, 5.74) is 2.25. The summed E-state index contributed by atoms with van der Waals surface area (Å²) in [6.45, 7) is 1.14. The SMILES string of the molecule is Cc1nc2cc(NC(=O)C3CC3)ncc2cc1-c1ccc(F)c(NC(=O)NCCC(F)(F)F)c1. The molecule has 0 spiro atoms. The molecule has 3 aromatic rings. The highest BCUT2D eigenvalue weighted by Gasteiger charge is 2.30. The fourth-order valence-corrected chi connectivity index (χ4v) is 3.37. The van der Waals surface area contributed by atoms with Gasteiger partial charge in [-0.2, -0.15) is 13.2 Å². The number of carbonyl (C=O) groups excluding carboxylic acids is 2. The Labute approximate surface area is 192 Å². The molecule has 0 unspecified atom stereocenters. The third-order valence-corrected chi connectivity index (χ3v) is 5.31. The molecule has 11 heteroatoms. The molecule has 2 heterocycles. The first-order valence-corrected chi connectivity index (χ1v) is 10.6. The molecule has 3 N–H and O–H groups in total. The van der Waals surface area contributed by atoms with Crippen LogP contribution in [0, 0.1) is 18.7 Å². The summed E-state index contributed by atoms with van der Waals surface area (Å²) in [4.78, 5) is 32.7. The van der Waals surface area contributed by atoms with Gasteiger partial charge >= 0.3 is 12.2 Å². The van der Waals surface area contributed by atoms with Crippen molar-refractivity contribution in [3.05, 3.63) is 48.0 Å². The van der Waals surface area contributed by atoms with E-state index in [4.69, 9.17) is 0 Å². The predicted molar refractivity (Wildman–Crippen MR) is 119 cm³/mol. The maximum atomic E-state index is 14.2. The number of nitrogens with zero attached hydrogens (tertiary/aromatic N) is 2. The zero-order chi connectivity index (χ0) is 24.5. The highest BCUT2D eigenvalue weighted by molar-refractivity contribution is 5.95. The molecule has 178 valence electrons. The van der Waals surface area contributed by atoms with E-state index in [1.54, 1.807) is 25.3 Å². The molecule has 0 bridgehead atoms. The molecule has 1 fully saturated rings. The Hall–Kier alpha value is -3.76. The zero-order valence-corrected chi connectivity index (χ0v) is 18.1. The van der Waals surface area contributed by atoms with Gasteiger partial charge in [0.05, 0.1) is 17.6 Å². The fourth-order valence-electron chi connectivity index (χ4n) is 3.37. The van der Waals surface area contributed by atoms with E-state index in [-0.39, 0.29) is 17.5 Å². The number of alkyl halides is 3. The number of nitrogens with one attached hydrogen (secondary N) is 3. The second kappa shape index (κ2) is 9.24. The lowest BCUT2D eigenvalue weighted by Crippen LogP contribution is -2.32. The summed E-state index contributed by atoms with van der Waals surface area (Å²) in [6.07, 6.45) is -2.26. The van der Waals surface area contributed by atoms with Crippen LogP contribution in [0.1, 0.15) is 25.0 Å². The van der Waals surface area contributed by atoms with Crippen LogP contribution in [0.3, 0.4) is 0 Å². The van der Waals surface area contributed by atoms with Crippen LogP contribution >= 0.6 is 0 Å². The van der Waals surface area contributed by atoms with Crippen LogP contribution < -0.4 is 16.0 Å². The fraction of sp³-hybridized carbons (Fsp3) is 0.304. The molecule has 2 aromatic heterocycles. The molecule has 1 aliphatic carbocycles. The predicted octanol–water partition coefficient (Wildman–Crippen LogP) is 5.17. The maximum absolute atomic E-state index is 14.2. The molecule has 1 saturated carbocycles. The van der Waals surface area contributed by atoms with Crippen LogP contribution in [-0.2, 0) is 4.79 Å². The minimum atomic E-state index is -4.41. The van der Waals surface area contributed by atoms with E-state index in [0.717, 1.165) is 18.9 Å². The number of amides is 3. The molecule has 0 aliphatic heterocycles. The monoisotopic (exact) mass is 475 g/mol. The molecule has 1 aromatic carbocycles. The first-order valence-electron chi connectivity index (χ1n) is 10.6. The van der Waals surface area contributed by atoms with Gasteiger partial charge < -0.3 is 16.0 Å². The largest absolute Gasteiger partial charge is 0.390 e. The number of fused-ring (bicyclic) bond motifs is 1. The summed E-state index contributed by atoms with van der Waals surface area (Å²) in [6, 6.07) is 6.58. The van der Waals surface area contributed by atoms with Crippen LogP contribution in [0.5, 0.6) is 0 Å². The van der Waals surface area contributed by atoms with E-state index >= 15 is 0 Å². The summed E-state index contributed by atoms with van der Waals surface area (Å²) in [7, 11) is 0. The van der Waals surface area contributed by atoms with E-state index in [2.05, 4.69) is 25.9 Å². The van der Waals surface area contributed by atoms with Crippen LogP contribution in [0.25, 0.3) is 22.0 Å². The summed E-state index contributed by atoms with van der Waals surface area (Å²) < 4.78 is 51.0. The Bertz CT molecular complexity index is 1260. The highest BCUT2D eigenvalue weighted by Crippen LogP contribution is 2.32. The van der Waals surface area contributed by atoms with E-state index in [9.17, 15) is 27.2 Å². The molecule has 0 radical (unpaired) electrons. The maximum Gasteiger partial charge on any atom is 0.390 e. The van der Waals surface area contributed by atoms with Gasteiger partial charge in [-0.1, -0.05) is 6.07 Å². The van der Waals surface area contributed by atoms with Crippen molar-refractivity contribution in [2.75, 3.05) is 17.2 Å². The van der Waals surface area contributed by atoms with E-state index in [1.165, 1.54) is 12.1 Å². The average molecular weight is 475 g/mol. The molecule has 7 nitrogen and oxygen atoms in total. The van der Waals surface area contributed by atoms with Gasteiger partial charge in [-0.3, -0.25) is 9.78 Å². The van der Waals surface area contributed by atoms with Crippen LogP contribution in [-0.4, -0.2) is 34.6 Å². The van der Waals surface area contributed by atoms with Crippen LogP contribution in [0.4, 0.5) is 33.9 Å². The molecule has 3 amide bonds. The van der Waals surface area contributed by atoms with Crippen molar-refractivity contribution < 1.29 is 27.2 Å². The van der Waals surface area contributed by atoms with Crippen molar-refractivity contribution in [3.8, 4) is 11.1 Å². The Morgan fingerprint density at radius 2 is 1.88 bits per heavy atom. The standard InChI is InChI=1S/C23H21F4N5O2/c1-12-16(8-15-11-29-20(10-18(15)30-12)32-21(33)13-2-3-13)14-4-5-17(24)19(9-14)31-22(34)28-7-6-23(25,26)27/h4-5,8-11,13H,2-3,6-7H2,1H3,(H2,28,31,34)(H,29,32,33). The van der Waals surface area contributed by atoms with Crippen LogP contribution in [0.2, 0.25) is 0 Å². The van der Waals surface area contributed by atoms with Crippen molar-refractivity contribution >= 4 is 34.3 Å². The van der Waals surface area contributed by atoms with Gasteiger partial charge in [-0.25, -0.2) is 14.2 Å². The third-order valence-electron chi connectivity index (χ3n) is 5.31. The van der Waals surface area contributed by atoms with E-state index < -0.39 is 31.0 Å². The molecule has 4 rings (SSSR count). The topological polar surface area (TPSA) is 96.0 Å². The number of hydrogen-bond donors (Lipinski definition) is 3. The number of hydrogen-bond acceptors (Lipinski definition) is 4. The first kappa shape index (κ1) is 23.4. The third kappa shape index (κ3) is 5.77. The summed E-state index contributed by atoms with van der Waals surface area (Å²) in [5.74, 6) is -0.343. The van der Waals surface area contributed by atoms with Crippen LogP contribution in [0.15, 0.2) is 36.5 Å². The highest BCUT2D eigenvalue weighted by atomic mass is 19.4. The molecule has 34 heavy (non-hydrogen) atoms. The Morgan fingerprint density at radius 1 is 1.12 bits per heavy atom. The number of carbonyl (C=O) groups is 2. The number of benzene rings is 1. The number of urea groups is 1. The minimum Gasteiger partial charge on any atom is -0.338 e.